The lowest BCUT2D eigenvalue weighted by atomic mass is 9.82. The Morgan fingerprint density at radius 3 is 2.47 bits per heavy atom. The van der Waals surface area contributed by atoms with Crippen molar-refractivity contribution in [3.8, 4) is 0 Å². The molecule has 0 unspecified atom stereocenters. The third-order valence-corrected chi connectivity index (χ3v) is 9.67. The maximum Gasteiger partial charge on any atom is 0.253 e. The van der Waals surface area contributed by atoms with Gasteiger partial charge in [-0.2, -0.15) is 4.31 Å². The molecular weight excluding hydrogens is 478 g/mol. The third kappa shape index (κ3) is 4.86. The molecule has 1 spiro atoms. The van der Waals surface area contributed by atoms with Crippen molar-refractivity contribution in [2.45, 2.75) is 64.3 Å². The summed E-state index contributed by atoms with van der Waals surface area (Å²) in [6.07, 6.45) is 7.25. The number of aliphatic imine (C=N–C) groups is 1. The van der Waals surface area contributed by atoms with Crippen molar-refractivity contribution < 1.29 is 18.0 Å². The summed E-state index contributed by atoms with van der Waals surface area (Å²) in [4.78, 5) is 29.7. The molecule has 1 aromatic carbocycles. The first-order valence-electron chi connectivity index (χ1n) is 12.9. The van der Waals surface area contributed by atoms with Crippen LogP contribution in [0, 0.1) is 18.8 Å². The zero-order chi connectivity index (χ0) is 25.5. The highest BCUT2D eigenvalue weighted by Crippen LogP contribution is 2.36. The van der Waals surface area contributed by atoms with Crippen molar-refractivity contribution in [3.63, 3.8) is 0 Å². The van der Waals surface area contributed by atoms with E-state index in [2.05, 4.69) is 17.7 Å². The van der Waals surface area contributed by atoms with Crippen LogP contribution in [-0.2, 0) is 19.6 Å². The summed E-state index contributed by atoms with van der Waals surface area (Å²) < 4.78 is 27.6. The van der Waals surface area contributed by atoms with Crippen molar-refractivity contribution >= 4 is 39.4 Å². The lowest BCUT2D eigenvalue weighted by Crippen LogP contribution is -2.50. The molecule has 5 rings (SSSR count). The minimum absolute atomic E-state index is 0.0175. The Labute approximate surface area is 213 Å². The molecule has 2 saturated heterocycles. The predicted octanol–water partition coefficient (Wildman–Crippen LogP) is 2.73. The minimum Gasteiger partial charge on any atom is -0.312 e. The summed E-state index contributed by atoms with van der Waals surface area (Å²) in [7, 11) is -3.64. The van der Waals surface area contributed by atoms with E-state index in [1.807, 2.05) is 19.1 Å². The third-order valence-electron chi connectivity index (χ3n) is 8.10. The first kappa shape index (κ1) is 25.1. The lowest BCUT2D eigenvalue weighted by Gasteiger charge is -2.34. The van der Waals surface area contributed by atoms with Crippen LogP contribution in [-0.4, -0.2) is 55.5 Å². The molecule has 1 saturated carbocycles. The average molecular weight is 514 g/mol. The van der Waals surface area contributed by atoms with Crippen LogP contribution in [0.15, 0.2) is 28.6 Å². The number of aryl methyl sites for hydroxylation is 1. The quantitative estimate of drug-likeness (QED) is 0.629. The van der Waals surface area contributed by atoms with Gasteiger partial charge in [-0.05, 0) is 67.9 Å². The Hall–Kier alpha value is -2.56. The Morgan fingerprint density at radius 1 is 1.11 bits per heavy atom. The Balaban J connectivity index is 1.23. The number of hydrogen-bond acceptors (Lipinski definition) is 6. The van der Waals surface area contributed by atoms with Gasteiger partial charge >= 0.3 is 0 Å². The van der Waals surface area contributed by atoms with Crippen LogP contribution in [0.2, 0.25) is 0 Å². The molecule has 0 radical (unpaired) electrons. The van der Waals surface area contributed by atoms with Crippen LogP contribution < -0.4 is 15.8 Å². The summed E-state index contributed by atoms with van der Waals surface area (Å²) in [5.41, 5.74) is 4.60. The van der Waals surface area contributed by atoms with Gasteiger partial charge in [-0.1, -0.05) is 25.8 Å². The van der Waals surface area contributed by atoms with E-state index in [0.717, 1.165) is 54.3 Å². The Kier molecular flexibility index (Phi) is 6.78. The molecule has 3 heterocycles. The molecule has 2 amide bonds. The van der Waals surface area contributed by atoms with E-state index >= 15 is 0 Å². The largest absolute Gasteiger partial charge is 0.312 e. The lowest BCUT2D eigenvalue weighted by molar-refractivity contribution is -0.125. The van der Waals surface area contributed by atoms with Crippen LogP contribution >= 0.6 is 0 Å². The predicted molar refractivity (Wildman–Crippen MR) is 139 cm³/mol. The van der Waals surface area contributed by atoms with Gasteiger partial charge in [0, 0.05) is 37.4 Å². The number of carbonyl (C=O) groups is 2. The van der Waals surface area contributed by atoms with Gasteiger partial charge in [-0.3, -0.25) is 14.6 Å². The van der Waals surface area contributed by atoms with E-state index in [9.17, 15) is 18.0 Å². The number of anilines is 1. The highest BCUT2D eigenvalue weighted by molar-refractivity contribution is 7.92. The molecule has 3 fully saturated rings. The van der Waals surface area contributed by atoms with Crippen molar-refractivity contribution in [2.75, 3.05) is 24.6 Å². The van der Waals surface area contributed by atoms with E-state index < -0.39 is 15.6 Å². The van der Waals surface area contributed by atoms with Gasteiger partial charge in [0.05, 0.1) is 5.69 Å². The molecule has 0 aromatic heterocycles. The van der Waals surface area contributed by atoms with Crippen molar-refractivity contribution in [1.29, 1.82) is 0 Å². The maximum absolute atomic E-state index is 13.1. The number of sulfonamides is 1. The highest BCUT2D eigenvalue weighted by atomic mass is 32.2. The van der Waals surface area contributed by atoms with Crippen molar-refractivity contribution in [1.82, 2.24) is 15.0 Å². The van der Waals surface area contributed by atoms with Gasteiger partial charge in [-0.15, -0.1) is 0 Å². The van der Waals surface area contributed by atoms with Gasteiger partial charge in [0.15, 0.2) is 0 Å². The minimum atomic E-state index is -3.64. The fraction of sp³-hybridized carbons (Fsp3) is 0.577. The molecule has 0 atom stereocenters. The normalized spacial score (nSPS) is 27.2. The van der Waals surface area contributed by atoms with E-state index in [1.165, 1.54) is 14.7 Å². The van der Waals surface area contributed by atoms with E-state index in [0.29, 0.717) is 31.7 Å². The maximum atomic E-state index is 13.1. The monoisotopic (exact) mass is 513 g/mol. The van der Waals surface area contributed by atoms with E-state index in [-0.39, 0.29) is 24.9 Å². The summed E-state index contributed by atoms with van der Waals surface area (Å²) >= 11 is 0. The number of hydrogen-bond donors (Lipinski definition) is 2. The molecule has 0 bridgehead atoms. The van der Waals surface area contributed by atoms with Gasteiger partial charge in [0.2, 0.25) is 15.9 Å². The molecule has 1 aromatic rings. The molecular formula is C26H35N5O4S. The number of nitrogens with one attached hydrogen (secondary N) is 2. The first-order chi connectivity index (χ1) is 17.2. The number of piperidine rings is 1. The second-order valence-electron chi connectivity index (χ2n) is 10.6. The molecule has 10 heteroatoms. The molecule has 36 heavy (non-hydrogen) atoms. The zero-order valence-electron chi connectivity index (χ0n) is 21.0. The Bertz CT molecular complexity index is 1210. The highest BCUT2D eigenvalue weighted by Gasteiger charge is 2.48. The van der Waals surface area contributed by atoms with Gasteiger partial charge in [0.1, 0.15) is 11.4 Å². The smallest absolute Gasteiger partial charge is 0.253 e. The fourth-order valence-corrected chi connectivity index (χ4v) is 6.84. The molecule has 9 nitrogen and oxygen atoms in total. The molecule has 2 N–H and O–H groups in total. The van der Waals surface area contributed by atoms with Crippen LogP contribution in [0.1, 0.15) is 63.0 Å². The van der Waals surface area contributed by atoms with Crippen molar-refractivity contribution in [2.24, 2.45) is 16.8 Å². The summed E-state index contributed by atoms with van der Waals surface area (Å²) in [5.74, 6) is 1.78. The SMILES string of the molecule is Cc1cc(N2NCCC2=O)ccc1/C=C/S(=O)(=O)N1CCC2(CC1)N=C(C1CCC(C)CC1)NC2=O. The standard InChI is InChI=1S/C26H35N5O4S/c1-18-3-5-21(6-4-18)24-28-25(33)26(29-24)11-14-30(15-12-26)36(34,35)16-10-20-7-8-22(17-19(20)2)31-23(32)9-13-27-31/h7-8,10,16-18,21,27H,3-6,9,11-15H2,1-2H3,(H,28,29,33)/b16-10+. The number of hydrazine groups is 1. The number of carbonyl (C=O) groups excluding carboxylic acids is 2. The molecule has 194 valence electrons. The summed E-state index contributed by atoms with van der Waals surface area (Å²) in [6, 6.07) is 5.50. The number of nitrogens with zero attached hydrogens (tertiary/aromatic N) is 3. The fourth-order valence-electron chi connectivity index (χ4n) is 5.66. The number of rotatable bonds is 5. The van der Waals surface area contributed by atoms with Crippen LogP contribution in [0.5, 0.6) is 0 Å². The zero-order valence-corrected chi connectivity index (χ0v) is 21.8. The second-order valence-corrected chi connectivity index (χ2v) is 12.4. The number of amidine groups is 1. The second kappa shape index (κ2) is 9.72. The van der Waals surface area contributed by atoms with Gasteiger partial charge in [0.25, 0.3) is 5.91 Å². The first-order valence-corrected chi connectivity index (χ1v) is 14.4. The Morgan fingerprint density at radius 2 is 1.83 bits per heavy atom. The molecule has 3 aliphatic heterocycles. The number of amides is 2. The van der Waals surface area contributed by atoms with Gasteiger partial charge < -0.3 is 5.32 Å². The topological polar surface area (TPSA) is 111 Å². The van der Waals surface area contributed by atoms with Crippen LogP contribution in [0.4, 0.5) is 5.69 Å². The van der Waals surface area contributed by atoms with Crippen LogP contribution in [0.25, 0.3) is 6.08 Å². The average Bonchev–Trinajstić information content (AvgIpc) is 3.42. The molecule has 1 aliphatic carbocycles. The van der Waals surface area contributed by atoms with E-state index in [4.69, 9.17) is 4.99 Å². The van der Waals surface area contributed by atoms with Crippen LogP contribution in [0.3, 0.4) is 0 Å². The van der Waals surface area contributed by atoms with Crippen molar-refractivity contribution in [3.05, 3.63) is 34.7 Å². The molecule has 4 aliphatic rings. The summed E-state index contributed by atoms with van der Waals surface area (Å²) in [5, 5.41) is 5.80. The van der Waals surface area contributed by atoms with Gasteiger partial charge in [-0.25, -0.2) is 18.9 Å². The summed E-state index contributed by atoms with van der Waals surface area (Å²) in [6.45, 7) is 5.30. The number of benzene rings is 1. The van der Waals surface area contributed by atoms with E-state index in [1.54, 1.807) is 12.1 Å².